The molecule has 0 spiro atoms. The molecule has 0 radical (unpaired) electrons. The van der Waals surface area contributed by atoms with Crippen LogP contribution in [0, 0.1) is 0 Å². The van der Waals surface area contributed by atoms with Gasteiger partial charge < -0.3 is 11.1 Å². The largest absolute Gasteiger partial charge is 0.368 e. The van der Waals surface area contributed by atoms with E-state index >= 15 is 0 Å². The molecule has 0 fully saturated rings. The molecule has 0 atom stereocenters. The van der Waals surface area contributed by atoms with Crippen LogP contribution in [0.4, 0.5) is 16.9 Å². The van der Waals surface area contributed by atoms with E-state index in [4.69, 9.17) is 17.3 Å². The van der Waals surface area contributed by atoms with Gasteiger partial charge in [0.1, 0.15) is 5.82 Å². The van der Waals surface area contributed by atoms with Gasteiger partial charge in [0.15, 0.2) is 5.13 Å². The number of nitrogens with zero attached hydrogens (tertiary/aromatic N) is 3. The summed E-state index contributed by atoms with van der Waals surface area (Å²) in [4.78, 5) is 12.3. The lowest BCUT2D eigenvalue weighted by Gasteiger charge is -2.00. The van der Waals surface area contributed by atoms with E-state index < -0.39 is 0 Å². The quantitative estimate of drug-likeness (QED) is 0.753. The van der Waals surface area contributed by atoms with Crippen molar-refractivity contribution in [1.82, 2.24) is 15.0 Å². The lowest BCUT2D eigenvalue weighted by Crippen LogP contribution is -1.98. The highest BCUT2D eigenvalue weighted by atomic mass is 35.5. The number of thiazole rings is 1. The van der Waals surface area contributed by atoms with Gasteiger partial charge in [-0.25, -0.2) is 9.97 Å². The van der Waals surface area contributed by atoms with Crippen molar-refractivity contribution in [2.24, 2.45) is 0 Å². The molecule has 0 unspecified atom stereocenters. The van der Waals surface area contributed by atoms with Crippen molar-refractivity contribution < 1.29 is 0 Å². The van der Waals surface area contributed by atoms with E-state index in [2.05, 4.69) is 20.3 Å². The molecule has 7 heteroatoms. The van der Waals surface area contributed by atoms with E-state index in [0.717, 1.165) is 15.3 Å². The van der Waals surface area contributed by atoms with Crippen LogP contribution in [-0.4, -0.2) is 15.0 Å². The van der Waals surface area contributed by atoms with E-state index in [1.54, 1.807) is 12.3 Å². The van der Waals surface area contributed by atoms with Crippen LogP contribution in [-0.2, 0) is 0 Å². The minimum absolute atomic E-state index is 0.226. The maximum atomic E-state index is 5.93. The predicted octanol–water partition coefficient (Wildman–Crippen LogP) is 3.07. The lowest BCUT2D eigenvalue weighted by atomic mass is 10.3. The summed E-state index contributed by atoms with van der Waals surface area (Å²) in [5, 5.41) is 4.53. The number of fused-ring (bicyclic) bond motifs is 1. The number of rotatable bonds is 2. The van der Waals surface area contributed by atoms with Crippen molar-refractivity contribution in [2.45, 2.75) is 0 Å². The Balaban J connectivity index is 1.95. The lowest BCUT2D eigenvalue weighted by molar-refractivity contribution is 1.18. The van der Waals surface area contributed by atoms with E-state index in [0.29, 0.717) is 10.8 Å². The molecule has 0 bridgehead atoms. The standard InChI is InChI=1S/C11H8ClN5S/c12-6-1-2-7-8(5-6)18-11(15-7)17-9-3-4-14-10(13)16-9/h1-5H,(H3,13,14,15,16,17). The predicted molar refractivity (Wildman–Crippen MR) is 74.4 cm³/mol. The molecule has 90 valence electrons. The highest BCUT2D eigenvalue weighted by Crippen LogP contribution is 2.29. The Labute approximate surface area is 112 Å². The molecule has 5 nitrogen and oxygen atoms in total. The number of halogens is 1. The number of benzene rings is 1. The zero-order valence-corrected chi connectivity index (χ0v) is 10.7. The summed E-state index contributed by atoms with van der Waals surface area (Å²) in [5.41, 5.74) is 6.41. The summed E-state index contributed by atoms with van der Waals surface area (Å²) < 4.78 is 1.02. The first kappa shape index (κ1) is 11.2. The summed E-state index contributed by atoms with van der Waals surface area (Å²) in [6, 6.07) is 7.31. The van der Waals surface area contributed by atoms with Crippen LogP contribution >= 0.6 is 22.9 Å². The second-order valence-electron chi connectivity index (χ2n) is 3.56. The molecular weight excluding hydrogens is 270 g/mol. The molecule has 0 saturated heterocycles. The average Bonchev–Trinajstić information content (AvgIpc) is 2.70. The van der Waals surface area contributed by atoms with Gasteiger partial charge in [0.25, 0.3) is 0 Å². The molecule has 0 amide bonds. The Morgan fingerprint density at radius 1 is 1.22 bits per heavy atom. The molecule has 3 rings (SSSR count). The summed E-state index contributed by atoms with van der Waals surface area (Å²) in [5.74, 6) is 0.844. The second kappa shape index (κ2) is 4.40. The van der Waals surface area contributed by atoms with Gasteiger partial charge in [-0.3, -0.25) is 0 Å². The zero-order valence-electron chi connectivity index (χ0n) is 9.09. The first-order valence-corrected chi connectivity index (χ1v) is 6.32. The van der Waals surface area contributed by atoms with Crippen LogP contribution in [0.1, 0.15) is 0 Å². The number of aromatic nitrogens is 3. The highest BCUT2D eigenvalue weighted by molar-refractivity contribution is 7.22. The zero-order chi connectivity index (χ0) is 12.5. The fraction of sp³-hybridized carbons (Fsp3) is 0. The number of hydrogen-bond donors (Lipinski definition) is 2. The number of nitrogens with two attached hydrogens (primary N) is 1. The van der Waals surface area contributed by atoms with Crippen LogP contribution < -0.4 is 11.1 Å². The monoisotopic (exact) mass is 277 g/mol. The van der Waals surface area contributed by atoms with Gasteiger partial charge in [-0.2, -0.15) is 4.98 Å². The molecule has 2 heterocycles. The maximum Gasteiger partial charge on any atom is 0.221 e. The van der Waals surface area contributed by atoms with Gasteiger partial charge in [-0.15, -0.1) is 0 Å². The smallest absolute Gasteiger partial charge is 0.221 e. The third-order valence-electron chi connectivity index (χ3n) is 2.26. The van der Waals surface area contributed by atoms with Crippen molar-refractivity contribution in [3.8, 4) is 0 Å². The van der Waals surface area contributed by atoms with Crippen molar-refractivity contribution >= 4 is 50.1 Å². The van der Waals surface area contributed by atoms with Gasteiger partial charge in [-0.1, -0.05) is 22.9 Å². The molecule has 2 aromatic heterocycles. The Hall–Kier alpha value is -1.92. The van der Waals surface area contributed by atoms with E-state index in [-0.39, 0.29) is 5.95 Å². The van der Waals surface area contributed by atoms with Crippen LogP contribution in [0.25, 0.3) is 10.2 Å². The minimum atomic E-state index is 0.226. The number of nitrogens with one attached hydrogen (secondary N) is 1. The first-order chi connectivity index (χ1) is 8.70. The summed E-state index contributed by atoms with van der Waals surface area (Å²) in [7, 11) is 0. The van der Waals surface area contributed by atoms with Crippen molar-refractivity contribution in [1.29, 1.82) is 0 Å². The van der Waals surface area contributed by atoms with E-state index in [1.165, 1.54) is 11.3 Å². The fourth-order valence-electron chi connectivity index (χ4n) is 1.50. The van der Waals surface area contributed by atoms with Gasteiger partial charge in [0, 0.05) is 11.2 Å². The van der Waals surface area contributed by atoms with Gasteiger partial charge in [0.2, 0.25) is 5.95 Å². The number of hydrogen-bond acceptors (Lipinski definition) is 6. The molecule has 18 heavy (non-hydrogen) atoms. The van der Waals surface area contributed by atoms with Crippen LogP contribution in [0.3, 0.4) is 0 Å². The maximum absolute atomic E-state index is 5.93. The highest BCUT2D eigenvalue weighted by Gasteiger charge is 2.05. The van der Waals surface area contributed by atoms with Crippen LogP contribution in [0.5, 0.6) is 0 Å². The normalized spacial score (nSPS) is 10.7. The molecule has 3 N–H and O–H groups in total. The van der Waals surface area contributed by atoms with Crippen molar-refractivity contribution in [3.05, 3.63) is 35.5 Å². The van der Waals surface area contributed by atoms with Crippen molar-refractivity contribution in [3.63, 3.8) is 0 Å². The summed E-state index contributed by atoms with van der Waals surface area (Å²) >= 11 is 7.43. The number of nitrogen functional groups attached to an aromatic ring is 1. The van der Waals surface area contributed by atoms with E-state index in [1.807, 2.05) is 18.2 Å². The van der Waals surface area contributed by atoms with Gasteiger partial charge in [-0.05, 0) is 24.3 Å². The minimum Gasteiger partial charge on any atom is -0.368 e. The third-order valence-corrected chi connectivity index (χ3v) is 3.43. The SMILES string of the molecule is Nc1nccc(Nc2nc3ccc(Cl)cc3s2)n1. The molecule has 0 saturated carbocycles. The molecule has 0 aliphatic rings. The van der Waals surface area contributed by atoms with Crippen LogP contribution in [0.15, 0.2) is 30.5 Å². The Morgan fingerprint density at radius 2 is 2.11 bits per heavy atom. The molecule has 3 aromatic rings. The molecule has 0 aliphatic heterocycles. The van der Waals surface area contributed by atoms with E-state index in [9.17, 15) is 0 Å². The molecular formula is C11H8ClN5S. The van der Waals surface area contributed by atoms with Gasteiger partial charge >= 0.3 is 0 Å². The third kappa shape index (κ3) is 2.20. The fourth-order valence-corrected chi connectivity index (χ4v) is 2.65. The number of anilines is 3. The summed E-state index contributed by atoms with van der Waals surface area (Å²) in [6.45, 7) is 0. The summed E-state index contributed by atoms with van der Waals surface area (Å²) in [6.07, 6.45) is 1.59. The topological polar surface area (TPSA) is 76.7 Å². The van der Waals surface area contributed by atoms with Crippen LogP contribution in [0.2, 0.25) is 5.02 Å². The van der Waals surface area contributed by atoms with Crippen molar-refractivity contribution in [2.75, 3.05) is 11.1 Å². The Kier molecular flexibility index (Phi) is 2.73. The Morgan fingerprint density at radius 3 is 2.94 bits per heavy atom. The first-order valence-electron chi connectivity index (χ1n) is 5.12. The molecule has 1 aromatic carbocycles. The average molecular weight is 278 g/mol. The molecule has 0 aliphatic carbocycles. The van der Waals surface area contributed by atoms with Gasteiger partial charge in [0.05, 0.1) is 10.2 Å². The Bertz CT molecular complexity index is 711. The second-order valence-corrected chi connectivity index (χ2v) is 5.02.